The fraction of sp³-hybridized carbons (Fsp3) is 0.304. The van der Waals surface area contributed by atoms with E-state index in [1.807, 2.05) is 31.2 Å². The van der Waals surface area contributed by atoms with E-state index in [0.29, 0.717) is 12.6 Å². The number of aromatic nitrogens is 2. The lowest BCUT2D eigenvalue weighted by molar-refractivity contribution is 0.414. The maximum atomic E-state index is 5.21. The molecule has 0 amide bonds. The molecule has 0 saturated carbocycles. The largest absolute Gasteiger partial charge is 0.497 e. The summed E-state index contributed by atoms with van der Waals surface area (Å²) >= 11 is 0. The van der Waals surface area contributed by atoms with Gasteiger partial charge >= 0.3 is 0 Å². The van der Waals surface area contributed by atoms with Gasteiger partial charge < -0.3 is 15.0 Å². The van der Waals surface area contributed by atoms with Crippen molar-refractivity contribution in [2.24, 2.45) is 0 Å². The summed E-state index contributed by atoms with van der Waals surface area (Å²) in [5, 5.41) is 3.42. The van der Waals surface area contributed by atoms with Crippen molar-refractivity contribution >= 4 is 11.6 Å². The average Bonchev–Trinajstić information content (AvgIpc) is 2.71. The van der Waals surface area contributed by atoms with Gasteiger partial charge in [-0.2, -0.15) is 0 Å². The second-order valence-electron chi connectivity index (χ2n) is 7.07. The van der Waals surface area contributed by atoms with Crippen molar-refractivity contribution < 1.29 is 4.74 Å². The standard InChI is InChI=1S/C23H28N4O/c1-17(2)27(16-20-8-6-5-7-9-20)23-14-22(25-18(3)26-23)24-15-19-10-12-21(28-4)13-11-19/h5-14,17H,15-16H2,1-4H3,(H,24,25,26). The Labute approximate surface area is 167 Å². The van der Waals surface area contributed by atoms with Crippen LogP contribution < -0.4 is 15.0 Å². The average molecular weight is 377 g/mol. The monoisotopic (exact) mass is 376 g/mol. The molecule has 1 heterocycles. The third kappa shape index (κ3) is 5.22. The van der Waals surface area contributed by atoms with Crippen LogP contribution in [0.15, 0.2) is 60.7 Å². The summed E-state index contributed by atoms with van der Waals surface area (Å²) < 4.78 is 5.21. The first-order valence-corrected chi connectivity index (χ1v) is 9.58. The zero-order valence-electron chi connectivity index (χ0n) is 17.0. The number of nitrogens with zero attached hydrogens (tertiary/aromatic N) is 3. The molecule has 0 radical (unpaired) electrons. The third-order valence-electron chi connectivity index (χ3n) is 4.57. The van der Waals surface area contributed by atoms with E-state index in [2.05, 4.69) is 70.4 Å². The molecule has 0 aliphatic carbocycles. The minimum absolute atomic E-state index is 0.323. The molecule has 146 valence electrons. The molecule has 0 bridgehead atoms. The first-order valence-electron chi connectivity index (χ1n) is 9.58. The predicted octanol–water partition coefficient (Wildman–Crippen LogP) is 4.82. The van der Waals surface area contributed by atoms with Gasteiger partial charge in [0.1, 0.15) is 23.2 Å². The van der Waals surface area contributed by atoms with Gasteiger partial charge in [-0.05, 0) is 44.0 Å². The maximum Gasteiger partial charge on any atom is 0.134 e. The van der Waals surface area contributed by atoms with Gasteiger partial charge in [0.15, 0.2) is 0 Å². The van der Waals surface area contributed by atoms with Crippen LogP contribution in [0.25, 0.3) is 0 Å². The van der Waals surface area contributed by atoms with Crippen molar-refractivity contribution in [3.8, 4) is 5.75 Å². The number of hydrogen-bond acceptors (Lipinski definition) is 5. The van der Waals surface area contributed by atoms with Crippen molar-refractivity contribution in [3.63, 3.8) is 0 Å². The number of rotatable bonds is 8. The molecule has 0 fully saturated rings. The molecular formula is C23H28N4O. The van der Waals surface area contributed by atoms with Crippen molar-refractivity contribution in [1.82, 2.24) is 9.97 Å². The molecule has 2 aromatic carbocycles. The van der Waals surface area contributed by atoms with Gasteiger partial charge in [-0.3, -0.25) is 0 Å². The van der Waals surface area contributed by atoms with Crippen molar-refractivity contribution in [1.29, 1.82) is 0 Å². The van der Waals surface area contributed by atoms with E-state index in [9.17, 15) is 0 Å². The van der Waals surface area contributed by atoms with Crippen LogP contribution in [0.5, 0.6) is 5.75 Å². The summed E-state index contributed by atoms with van der Waals surface area (Å²) in [6.45, 7) is 7.81. The molecule has 0 unspecified atom stereocenters. The molecule has 28 heavy (non-hydrogen) atoms. The van der Waals surface area contributed by atoms with Gasteiger partial charge in [-0.25, -0.2) is 9.97 Å². The van der Waals surface area contributed by atoms with E-state index in [1.54, 1.807) is 7.11 Å². The smallest absolute Gasteiger partial charge is 0.134 e. The Balaban J connectivity index is 1.76. The molecule has 1 aromatic heterocycles. The number of aryl methyl sites for hydroxylation is 1. The van der Waals surface area contributed by atoms with Gasteiger partial charge in [0.25, 0.3) is 0 Å². The van der Waals surface area contributed by atoms with Crippen molar-refractivity contribution in [3.05, 3.63) is 77.6 Å². The Morgan fingerprint density at radius 3 is 2.32 bits per heavy atom. The molecule has 0 atom stereocenters. The molecule has 0 saturated heterocycles. The van der Waals surface area contributed by atoms with Gasteiger partial charge in [0.05, 0.1) is 7.11 Å². The zero-order valence-corrected chi connectivity index (χ0v) is 17.0. The zero-order chi connectivity index (χ0) is 19.9. The highest BCUT2D eigenvalue weighted by molar-refractivity contribution is 5.50. The number of methoxy groups -OCH3 is 1. The fourth-order valence-corrected chi connectivity index (χ4v) is 3.03. The Hall–Kier alpha value is -3.08. The lowest BCUT2D eigenvalue weighted by Gasteiger charge is -2.28. The van der Waals surface area contributed by atoms with Gasteiger partial charge in [-0.1, -0.05) is 42.5 Å². The number of hydrogen-bond donors (Lipinski definition) is 1. The second kappa shape index (κ2) is 9.22. The van der Waals surface area contributed by atoms with Crippen LogP contribution in [0.3, 0.4) is 0 Å². The number of ether oxygens (including phenoxy) is 1. The minimum atomic E-state index is 0.323. The van der Waals surface area contributed by atoms with E-state index in [0.717, 1.165) is 29.8 Å². The number of benzene rings is 2. The summed E-state index contributed by atoms with van der Waals surface area (Å²) in [4.78, 5) is 11.5. The first kappa shape index (κ1) is 19.7. The normalized spacial score (nSPS) is 10.8. The van der Waals surface area contributed by atoms with Crippen LogP contribution in [-0.4, -0.2) is 23.1 Å². The van der Waals surface area contributed by atoms with Gasteiger partial charge in [0.2, 0.25) is 0 Å². The highest BCUT2D eigenvalue weighted by Crippen LogP contribution is 2.21. The molecular weight excluding hydrogens is 348 g/mol. The van der Waals surface area contributed by atoms with Crippen LogP contribution in [0.4, 0.5) is 11.6 Å². The maximum absolute atomic E-state index is 5.21. The number of anilines is 2. The fourth-order valence-electron chi connectivity index (χ4n) is 3.03. The number of nitrogens with one attached hydrogen (secondary N) is 1. The van der Waals surface area contributed by atoms with Crippen molar-refractivity contribution in [2.45, 2.75) is 39.9 Å². The molecule has 1 N–H and O–H groups in total. The highest BCUT2D eigenvalue weighted by atomic mass is 16.5. The molecule has 5 heteroatoms. The van der Waals surface area contributed by atoms with Gasteiger partial charge in [0, 0.05) is 25.2 Å². The highest BCUT2D eigenvalue weighted by Gasteiger charge is 2.14. The first-order chi connectivity index (χ1) is 13.5. The lowest BCUT2D eigenvalue weighted by Crippen LogP contribution is -2.31. The summed E-state index contributed by atoms with van der Waals surface area (Å²) in [5.41, 5.74) is 2.43. The minimum Gasteiger partial charge on any atom is -0.497 e. The molecule has 3 aromatic rings. The Morgan fingerprint density at radius 1 is 0.964 bits per heavy atom. The third-order valence-corrected chi connectivity index (χ3v) is 4.57. The Bertz CT molecular complexity index is 879. The molecule has 3 rings (SSSR count). The SMILES string of the molecule is COc1ccc(CNc2cc(N(Cc3ccccc3)C(C)C)nc(C)n2)cc1. The van der Waals surface area contributed by atoms with Crippen molar-refractivity contribution in [2.75, 3.05) is 17.3 Å². The van der Waals surface area contributed by atoms with E-state index in [4.69, 9.17) is 4.74 Å². The van der Waals surface area contributed by atoms with E-state index in [1.165, 1.54) is 11.1 Å². The summed E-state index contributed by atoms with van der Waals surface area (Å²) in [5.74, 6) is 3.38. The quantitative estimate of drug-likeness (QED) is 0.611. The summed E-state index contributed by atoms with van der Waals surface area (Å²) in [6.07, 6.45) is 0. The van der Waals surface area contributed by atoms with E-state index < -0.39 is 0 Å². The van der Waals surface area contributed by atoms with E-state index in [-0.39, 0.29) is 0 Å². The van der Waals surface area contributed by atoms with Gasteiger partial charge in [-0.15, -0.1) is 0 Å². The van der Waals surface area contributed by atoms with Crippen LogP contribution in [0.1, 0.15) is 30.8 Å². The Kier molecular flexibility index (Phi) is 6.48. The second-order valence-corrected chi connectivity index (χ2v) is 7.07. The topological polar surface area (TPSA) is 50.3 Å². The molecule has 0 aliphatic heterocycles. The molecule has 0 aliphatic rings. The Morgan fingerprint density at radius 2 is 1.68 bits per heavy atom. The molecule has 0 spiro atoms. The summed E-state index contributed by atoms with van der Waals surface area (Å²) in [7, 11) is 1.67. The predicted molar refractivity (Wildman–Crippen MR) is 115 cm³/mol. The lowest BCUT2D eigenvalue weighted by atomic mass is 10.2. The van der Waals surface area contributed by atoms with Crippen LogP contribution in [0, 0.1) is 6.92 Å². The van der Waals surface area contributed by atoms with E-state index >= 15 is 0 Å². The molecule has 5 nitrogen and oxygen atoms in total. The van der Waals surface area contributed by atoms with Crippen LogP contribution in [-0.2, 0) is 13.1 Å². The summed E-state index contributed by atoms with van der Waals surface area (Å²) in [6, 6.07) is 20.9. The van der Waals surface area contributed by atoms with Crippen LogP contribution in [0.2, 0.25) is 0 Å². The van der Waals surface area contributed by atoms with Crippen LogP contribution >= 0.6 is 0 Å².